The van der Waals surface area contributed by atoms with Gasteiger partial charge in [0, 0.05) is 6.04 Å². The fourth-order valence-electron chi connectivity index (χ4n) is 2.87. The molecule has 11 heteroatoms. The topological polar surface area (TPSA) is 46.2 Å². The Balaban J connectivity index is 5.75. The lowest BCUT2D eigenvalue weighted by molar-refractivity contribution is 0.217. The minimum atomic E-state index is -3.02. The van der Waals surface area contributed by atoms with Crippen molar-refractivity contribution in [1.29, 1.82) is 0 Å². The molecule has 0 unspecified atom stereocenters. The maximum atomic E-state index is 6.67. The summed E-state index contributed by atoms with van der Waals surface area (Å²) < 4.78 is 32.8. The lowest BCUT2D eigenvalue weighted by atomic mass is 11.0. The van der Waals surface area contributed by atoms with Crippen LogP contribution in [0.1, 0.15) is 6.92 Å². The Morgan fingerprint density at radius 3 is 0.885 bits per heavy atom. The Hall–Kier alpha value is 1.10. The van der Waals surface area contributed by atoms with Crippen molar-refractivity contribution >= 4 is 50.9 Å². The summed E-state index contributed by atoms with van der Waals surface area (Å²) in [6.45, 7) is 30.1. The molecular formula is C15H43O5Si6. The molecule has 26 heavy (non-hydrogen) atoms. The predicted molar refractivity (Wildman–Crippen MR) is 126 cm³/mol. The Morgan fingerprint density at radius 1 is 0.423 bits per heavy atom. The highest BCUT2D eigenvalue weighted by atomic mass is 28.5. The molecule has 0 saturated heterocycles. The van der Waals surface area contributed by atoms with Gasteiger partial charge in [-0.1, -0.05) is 6.92 Å². The van der Waals surface area contributed by atoms with Crippen LogP contribution in [0.4, 0.5) is 0 Å². The van der Waals surface area contributed by atoms with Crippen LogP contribution in [0.15, 0.2) is 0 Å². The molecule has 0 aliphatic carbocycles. The predicted octanol–water partition coefficient (Wildman–Crippen LogP) is 5.68. The Morgan fingerprint density at radius 2 is 0.692 bits per heavy atom. The van der Waals surface area contributed by atoms with Gasteiger partial charge in [-0.05, 0) is 85.1 Å². The first-order valence-corrected chi connectivity index (χ1v) is 27.1. The molecule has 157 valence electrons. The SMILES string of the molecule is C[CH][Si](O[Si](C)(C)C)(O[Si](C)(C)O[Si](C)(C)C)O[Si](C)(C)O[Si](C)(C)C. The van der Waals surface area contributed by atoms with Crippen LogP contribution in [-0.2, 0) is 20.6 Å². The van der Waals surface area contributed by atoms with E-state index in [4.69, 9.17) is 20.6 Å². The first-order valence-electron chi connectivity index (χ1n) is 9.41. The minimum absolute atomic E-state index is 1.73. The molecule has 1 radical (unpaired) electrons. The molecule has 0 aliphatic heterocycles. The first kappa shape index (κ1) is 27.1. The summed E-state index contributed by atoms with van der Waals surface area (Å²) in [5.41, 5.74) is 0. The van der Waals surface area contributed by atoms with Crippen LogP contribution in [0.3, 0.4) is 0 Å². The summed E-state index contributed by atoms with van der Waals surface area (Å²) in [5, 5.41) is 0. The van der Waals surface area contributed by atoms with Crippen LogP contribution >= 0.6 is 0 Å². The summed E-state index contributed by atoms with van der Waals surface area (Å²) >= 11 is 0. The second-order valence-corrected chi connectivity index (χ2v) is 34.7. The van der Waals surface area contributed by atoms with Gasteiger partial charge in [0.1, 0.15) is 0 Å². The van der Waals surface area contributed by atoms with Crippen molar-refractivity contribution < 1.29 is 20.6 Å². The molecular weight excluding hydrogens is 429 g/mol. The number of hydrogen-bond acceptors (Lipinski definition) is 5. The molecule has 0 N–H and O–H groups in total. The lowest BCUT2D eigenvalue weighted by Gasteiger charge is -2.45. The molecule has 5 nitrogen and oxygen atoms in total. The third kappa shape index (κ3) is 12.5. The molecule has 0 fully saturated rings. The quantitative estimate of drug-likeness (QED) is 0.363. The molecule has 0 atom stereocenters. The van der Waals surface area contributed by atoms with Crippen molar-refractivity contribution in [3.63, 3.8) is 0 Å². The maximum absolute atomic E-state index is 6.67. The van der Waals surface area contributed by atoms with Crippen LogP contribution in [-0.4, -0.2) is 50.9 Å². The van der Waals surface area contributed by atoms with Gasteiger partial charge < -0.3 is 20.6 Å². The van der Waals surface area contributed by atoms with E-state index in [2.05, 4.69) is 85.1 Å². The zero-order valence-electron chi connectivity index (χ0n) is 19.6. The highest BCUT2D eigenvalue weighted by molar-refractivity contribution is 6.93. The first-order chi connectivity index (χ1) is 11.1. The zero-order chi connectivity index (χ0) is 21.2. The van der Waals surface area contributed by atoms with Gasteiger partial charge in [0.2, 0.25) is 0 Å². The van der Waals surface area contributed by atoms with Crippen LogP contribution in [0.5, 0.6) is 0 Å². The molecule has 0 spiro atoms. The van der Waals surface area contributed by atoms with E-state index < -0.39 is 50.9 Å². The number of rotatable bonds is 11. The van der Waals surface area contributed by atoms with E-state index in [9.17, 15) is 0 Å². The van der Waals surface area contributed by atoms with Gasteiger partial charge in [-0.2, -0.15) is 0 Å². The van der Waals surface area contributed by atoms with Crippen molar-refractivity contribution in [2.24, 2.45) is 0 Å². The average molecular weight is 472 g/mol. The Labute approximate surface area is 169 Å². The highest BCUT2D eigenvalue weighted by Crippen LogP contribution is 2.30. The molecule has 0 aliphatic rings. The second kappa shape index (κ2) is 8.85. The van der Waals surface area contributed by atoms with Gasteiger partial charge in [0.25, 0.3) is 0 Å². The van der Waals surface area contributed by atoms with Crippen LogP contribution in [0.2, 0.25) is 85.1 Å². The summed E-state index contributed by atoms with van der Waals surface area (Å²) in [4.78, 5) is 0. The van der Waals surface area contributed by atoms with Gasteiger partial charge in [0.15, 0.2) is 25.0 Å². The molecule has 0 aromatic rings. The standard InChI is InChI=1S/C15H43O5Si6/c1-15-26(18-23(8,9)10,19-24(11,12)16-21(2,3)4)20-25(13,14)17-22(5,6)7/h15H,1-14H3. The van der Waals surface area contributed by atoms with Gasteiger partial charge in [-0.25, -0.2) is 0 Å². The largest absolute Gasteiger partial charge is 0.475 e. The third-order valence-electron chi connectivity index (χ3n) is 2.68. The molecule has 0 bridgehead atoms. The van der Waals surface area contributed by atoms with E-state index in [0.717, 1.165) is 0 Å². The van der Waals surface area contributed by atoms with Crippen LogP contribution in [0.25, 0.3) is 0 Å². The summed E-state index contributed by atoms with van der Waals surface area (Å²) in [7, 11) is -13.2. The third-order valence-corrected chi connectivity index (χ3v) is 22.0. The number of hydrogen-bond donors (Lipinski definition) is 0. The van der Waals surface area contributed by atoms with Crippen molar-refractivity contribution in [3.05, 3.63) is 6.04 Å². The van der Waals surface area contributed by atoms with Crippen molar-refractivity contribution in [2.45, 2.75) is 92.0 Å². The van der Waals surface area contributed by atoms with E-state index in [-0.39, 0.29) is 0 Å². The van der Waals surface area contributed by atoms with Gasteiger partial charge in [-0.3, -0.25) is 0 Å². The van der Waals surface area contributed by atoms with E-state index >= 15 is 0 Å². The van der Waals surface area contributed by atoms with Gasteiger partial charge in [0.05, 0.1) is 0 Å². The van der Waals surface area contributed by atoms with Crippen molar-refractivity contribution in [2.75, 3.05) is 0 Å². The normalized spacial score (nSPS) is 15.5. The fourth-order valence-corrected chi connectivity index (χ4v) is 27.7. The summed E-state index contributed by atoms with van der Waals surface area (Å²) in [6, 6.07) is 2.02. The lowest BCUT2D eigenvalue weighted by Crippen LogP contribution is -2.64. The second-order valence-electron chi connectivity index (χ2n) is 10.5. The van der Waals surface area contributed by atoms with Crippen LogP contribution < -0.4 is 0 Å². The van der Waals surface area contributed by atoms with E-state index in [1.807, 2.05) is 13.0 Å². The minimum Gasteiger partial charge on any atom is -0.437 e. The van der Waals surface area contributed by atoms with E-state index in [0.29, 0.717) is 0 Å². The molecule has 0 heterocycles. The van der Waals surface area contributed by atoms with Gasteiger partial charge in [-0.15, -0.1) is 0 Å². The Bertz CT molecular complexity index is 421. The molecule has 0 saturated carbocycles. The molecule has 0 aromatic heterocycles. The monoisotopic (exact) mass is 471 g/mol. The molecule has 0 aromatic carbocycles. The summed E-state index contributed by atoms with van der Waals surface area (Å²) in [5.74, 6) is 0. The molecule has 0 rings (SSSR count). The average Bonchev–Trinajstić information content (AvgIpc) is 2.16. The van der Waals surface area contributed by atoms with Gasteiger partial charge >= 0.3 is 25.9 Å². The van der Waals surface area contributed by atoms with E-state index in [1.54, 1.807) is 0 Å². The molecule has 0 amide bonds. The maximum Gasteiger partial charge on any atom is 0.475 e. The fraction of sp³-hybridized carbons (Fsp3) is 0.933. The Kier molecular flexibility index (Phi) is 9.23. The van der Waals surface area contributed by atoms with Crippen LogP contribution in [0, 0.1) is 6.04 Å². The highest BCUT2D eigenvalue weighted by Gasteiger charge is 2.53. The van der Waals surface area contributed by atoms with Crippen molar-refractivity contribution in [1.82, 2.24) is 0 Å². The van der Waals surface area contributed by atoms with Crippen molar-refractivity contribution in [3.8, 4) is 0 Å². The summed E-state index contributed by atoms with van der Waals surface area (Å²) in [6.07, 6.45) is 0. The zero-order valence-corrected chi connectivity index (χ0v) is 25.6. The smallest absolute Gasteiger partial charge is 0.437 e. The van der Waals surface area contributed by atoms with E-state index in [1.165, 1.54) is 0 Å².